The van der Waals surface area contributed by atoms with Crippen molar-refractivity contribution in [2.75, 3.05) is 34.4 Å². The van der Waals surface area contributed by atoms with Crippen LogP contribution in [0.5, 0.6) is 11.5 Å². The molecule has 7 nitrogen and oxygen atoms in total. The molecular weight excluding hydrogens is 408 g/mol. The highest BCUT2D eigenvalue weighted by Gasteiger charge is 2.40. The van der Waals surface area contributed by atoms with Crippen LogP contribution in [0.2, 0.25) is 0 Å². The number of rotatable bonds is 10. The maximum absolute atomic E-state index is 13.4. The van der Waals surface area contributed by atoms with Crippen molar-refractivity contribution in [1.29, 1.82) is 0 Å². The summed E-state index contributed by atoms with van der Waals surface area (Å²) in [7, 11) is 4.91. The van der Waals surface area contributed by atoms with Gasteiger partial charge in [-0.25, -0.2) is 0 Å². The average molecular weight is 439 g/mol. The molecule has 0 bridgehead atoms. The number of benzene rings is 2. The third-order valence-electron chi connectivity index (χ3n) is 5.23. The van der Waals surface area contributed by atoms with Gasteiger partial charge in [-0.3, -0.25) is 14.5 Å². The van der Waals surface area contributed by atoms with E-state index >= 15 is 0 Å². The fourth-order valence-electron chi connectivity index (χ4n) is 3.69. The van der Waals surface area contributed by atoms with Gasteiger partial charge in [0, 0.05) is 13.6 Å². The highest BCUT2D eigenvalue weighted by atomic mass is 16.5. The minimum absolute atomic E-state index is 0.0151. The average Bonchev–Trinajstić information content (AvgIpc) is 3.03. The Morgan fingerprint density at radius 3 is 2.25 bits per heavy atom. The number of methoxy groups -OCH3 is 2. The lowest BCUT2D eigenvalue weighted by atomic mass is 10.0. The summed E-state index contributed by atoms with van der Waals surface area (Å²) in [4.78, 5) is 29.9. The van der Waals surface area contributed by atoms with Crippen LogP contribution in [0.1, 0.15) is 25.0 Å². The zero-order chi connectivity index (χ0) is 23.3. The molecule has 170 valence electrons. The van der Waals surface area contributed by atoms with Crippen LogP contribution >= 0.6 is 0 Å². The van der Waals surface area contributed by atoms with E-state index < -0.39 is 0 Å². The summed E-state index contributed by atoms with van der Waals surface area (Å²) in [6.45, 7) is 4.79. The number of amides is 2. The molecule has 0 saturated carbocycles. The van der Waals surface area contributed by atoms with Crippen molar-refractivity contribution in [1.82, 2.24) is 9.80 Å². The van der Waals surface area contributed by atoms with E-state index in [1.807, 2.05) is 56.1 Å². The van der Waals surface area contributed by atoms with Crippen molar-refractivity contribution in [2.45, 2.75) is 26.5 Å². The van der Waals surface area contributed by atoms with Gasteiger partial charge in [0.1, 0.15) is 5.70 Å². The minimum Gasteiger partial charge on any atom is -0.493 e. The fourth-order valence-corrected chi connectivity index (χ4v) is 3.69. The quantitative estimate of drug-likeness (QED) is 0.530. The number of likely N-dealkylation sites (N-methyl/N-ethyl adjacent to an activating group) is 1. The molecule has 0 saturated heterocycles. The molecule has 0 unspecified atom stereocenters. The molecule has 1 heterocycles. The van der Waals surface area contributed by atoms with Gasteiger partial charge in [0.25, 0.3) is 11.8 Å². The molecule has 1 aliphatic heterocycles. The second kappa shape index (κ2) is 10.3. The normalized spacial score (nSPS) is 13.9. The molecule has 0 atom stereocenters. The molecule has 3 rings (SSSR count). The first-order valence-corrected chi connectivity index (χ1v) is 10.6. The largest absolute Gasteiger partial charge is 0.493 e. The standard InChI is InChI=1S/C25H30N2O5/c1-17(2)32-14-13-27-24(28)22(19-11-12-20(30-4)21(15-19)31-5)23(25(27)29)26(3)16-18-9-7-6-8-10-18/h6-12,15,17H,13-14,16H2,1-5H3. The van der Waals surface area contributed by atoms with Gasteiger partial charge in [0.15, 0.2) is 11.5 Å². The minimum atomic E-state index is -0.343. The molecule has 2 amide bonds. The predicted octanol–water partition coefficient (Wildman–Crippen LogP) is 3.34. The number of imide groups is 1. The molecule has 2 aromatic carbocycles. The van der Waals surface area contributed by atoms with Crippen molar-refractivity contribution in [3.05, 3.63) is 65.4 Å². The lowest BCUT2D eigenvalue weighted by Crippen LogP contribution is -2.37. The first-order chi connectivity index (χ1) is 15.4. The Labute approximate surface area is 189 Å². The van der Waals surface area contributed by atoms with Gasteiger partial charge in [-0.1, -0.05) is 36.4 Å². The maximum Gasteiger partial charge on any atom is 0.277 e. The lowest BCUT2D eigenvalue weighted by molar-refractivity contribution is -0.138. The van der Waals surface area contributed by atoms with E-state index in [-0.39, 0.29) is 31.1 Å². The Morgan fingerprint density at radius 1 is 0.938 bits per heavy atom. The van der Waals surface area contributed by atoms with Crippen molar-refractivity contribution in [3.63, 3.8) is 0 Å². The molecule has 0 aliphatic carbocycles. The molecule has 0 spiro atoms. The predicted molar refractivity (Wildman–Crippen MR) is 122 cm³/mol. The summed E-state index contributed by atoms with van der Waals surface area (Å²) in [5.41, 5.74) is 2.34. The Balaban J connectivity index is 2.01. The molecule has 0 fully saturated rings. The summed E-state index contributed by atoms with van der Waals surface area (Å²) in [5, 5.41) is 0. The van der Waals surface area contributed by atoms with E-state index in [9.17, 15) is 9.59 Å². The summed E-state index contributed by atoms with van der Waals surface area (Å²) in [6.07, 6.45) is 0.0151. The van der Waals surface area contributed by atoms with E-state index in [0.717, 1.165) is 5.56 Å². The second-order valence-electron chi connectivity index (χ2n) is 7.82. The second-order valence-corrected chi connectivity index (χ2v) is 7.82. The Hall–Kier alpha value is -3.32. The zero-order valence-corrected chi connectivity index (χ0v) is 19.3. The number of ether oxygens (including phenoxy) is 3. The molecule has 2 aromatic rings. The van der Waals surface area contributed by atoms with Crippen LogP contribution in [0.15, 0.2) is 54.2 Å². The summed E-state index contributed by atoms with van der Waals surface area (Å²) in [6, 6.07) is 15.0. The Kier molecular flexibility index (Phi) is 7.53. The van der Waals surface area contributed by atoms with E-state index in [0.29, 0.717) is 34.9 Å². The Morgan fingerprint density at radius 2 is 1.62 bits per heavy atom. The first kappa shape index (κ1) is 23.3. The van der Waals surface area contributed by atoms with Gasteiger partial charge in [-0.15, -0.1) is 0 Å². The van der Waals surface area contributed by atoms with Gasteiger partial charge in [0.2, 0.25) is 0 Å². The molecule has 32 heavy (non-hydrogen) atoms. The van der Waals surface area contributed by atoms with Gasteiger partial charge in [-0.05, 0) is 37.1 Å². The van der Waals surface area contributed by atoms with Crippen LogP contribution in [0, 0.1) is 0 Å². The van der Waals surface area contributed by atoms with Crippen molar-refractivity contribution < 1.29 is 23.8 Å². The van der Waals surface area contributed by atoms with Gasteiger partial charge in [-0.2, -0.15) is 0 Å². The van der Waals surface area contributed by atoms with Crippen LogP contribution in [-0.4, -0.2) is 62.1 Å². The van der Waals surface area contributed by atoms with Crippen LogP contribution < -0.4 is 9.47 Å². The van der Waals surface area contributed by atoms with Crippen LogP contribution in [0.3, 0.4) is 0 Å². The maximum atomic E-state index is 13.4. The number of hydrogen-bond donors (Lipinski definition) is 0. The molecular formula is C25H30N2O5. The fraction of sp³-hybridized carbons (Fsp3) is 0.360. The van der Waals surface area contributed by atoms with Crippen molar-refractivity contribution >= 4 is 17.4 Å². The summed E-state index contributed by atoms with van der Waals surface area (Å²) in [5.74, 6) is 0.370. The summed E-state index contributed by atoms with van der Waals surface area (Å²) >= 11 is 0. The third-order valence-corrected chi connectivity index (χ3v) is 5.23. The highest BCUT2D eigenvalue weighted by molar-refractivity contribution is 6.35. The molecule has 0 aromatic heterocycles. The monoisotopic (exact) mass is 438 g/mol. The van der Waals surface area contributed by atoms with E-state index in [4.69, 9.17) is 14.2 Å². The van der Waals surface area contributed by atoms with Crippen molar-refractivity contribution in [2.24, 2.45) is 0 Å². The van der Waals surface area contributed by atoms with Crippen LogP contribution in [0.25, 0.3) is 5.57 Å². The number of nitrogens with zero attached hydrogens (tertiary/aromatic N) is 2. The zero-order valence-electron chi connectivity index (χ0n) is 19.3. The third kappa shape index (κ3) is 4.94. The topological polar surface area (TPSA) is 68.3 Å². The van der Waals surface area contributed by atoms with Crippen LogP contribution in [-0.2, 0) is 20.9 Å². The number of carbonyl (C=O) groups excluding carboxylic acids is 2. The van der Waals surface area contributed by atoms with Gasteiger partial charge >= 0.3 is 0 Å². The molecule has 0 radical (unpaired) electrons. The highest BCUT2D eigenvalue weighted by Crippen LogP contribution is 2.36. The number of carbonyl (C=O) groups is 2. The van der Waals surface area contributed by atoms with Gasteiger partial charge in [0.05, 0.1) is 39.0 Å². The van der Waals surface area contributed by atoms with Crippen molar-refractivity contribution in [3.8, 4) is 11.5 Å². The first-order valence-electron chi connectivity index (χ1n) is 10.6. The Bertz CT molecular complexity index is 1000. The SMILES string of the molecule is COc1ccc(C2=C(N(C)Cc3ccccc3)C(=O)N(CCOC(C)C)C2=O)cc1OC. The van der Waals surface area contributed by atoms with Gasteiger partial charge < -0.3 is 19.1 Å². The molecule has 0 N–H and O–H groups in total. The number of hydrogen-bond acceptors (Lipinski definition) is 6. The van der Waals surface area contributed by atoms with E-state index in [1.165, 1.54) is 12.0 Å². The molecule has 1 aliphatic rings. The molecule has 7 heteroatoms. The smallest absolute Gasteiger partial charge is 0.277 e. The van der Waals surface area contributed by atoms with E-state index in [1.54, 1.807) is 25.3 Å². The van der Waals surface area contributed by atoms with Crippen LogP contribution in [0.4, 0.5) is 0 Å². The summed E-state index contributed by atoms with van der Waals surface area (Å²) < 4.78 is 16.3. The van der Waals surface area contributed by atoms with E-state index in [2.05, 4.69) is 0 Å². The lowest BCUT2D eigenvalue weighted by Gasteiger charge is -2.22.